The average molecular weight is 749 g/mol. The van der Waals surface area contributed by atoms with E-state index in [1.165, 1.54) is 47.9 Å². The summed E-state index contributed by atoms with van der Waals surface area (Å²) >= 11 is 1.89. The van der Waals surface area contributed by atoms with Gasteiger partial charge in [-0.1, -0.05) is 140 Å². The number of fused-ring (bicyclic) bond motifs is 10. The summed E-state index contributed by atoms with van der Waals surface area (Å²) in [5.74, 6) is 1.84. The fourth-order valence-corrected chi connectivity index (χ4v) is 9.91. The molecular weight excluding hydrogens is 717 g/mol. The molecule has 6 heteroatoms. The maximum atomic E-state index is 6.92. The number of hydrogen-bond acceptors (Lipinski definition) is 5. The van der Waals surface area contributed by atoms with Crippen LogP contribution in [0.25, 0.3) is 110 Å². The van der Waals surface area contributed by atoms with Gasteiger partial charge in [-0.05, 0) is 54.3 Å². The molecule has 0 atom stereocenters. The third-order valence-electron chi connectivity index (χ3n) is 11.3. The highest BCUT2D eigenvalue weighted by Crippen LogP contribution is 2.45. The lowest BCUT2D eigenvalue weighted by Crippen LogP contribution is -2.03. The Morgan fingerprint density at radius 2 is 1.16 bits per heavy atom. The quantitative estimate of drug-likeness (QED) is 0.176. The van der Waals surface area contributed by atoms with Crippen molar-refractivity contribution in [2.45, 2.75) is 12.8 Å². The Balaban J connectivity index is 1.01. The second-order valence-electron chi connectivity index (χ2n) is 14.7. The first kappa shape index (κ1) is 32.1. The highest BCUT2D eigenvalue weighted by molar-refractivity contribution is 7.26. The Labute approximate surface area is 331 Å². The lowest BCUT2D eigenvalue weighted by atomic mass is 10.0. The Morgan fingerprint density at radius 3 is 1.96 bits per heavy atom. The van der Waals surface area contributed by atoms with Crippen molar-refractivity contribution in [2.24, 2.45) is 0 Å². The fourth-order valence-electron chi connectivity index (χ4n) is 8.65. The van der Waals surface area contributed by atoms with Crippen LogP contribution in [0.1, 0.15) is 17.7 Å². The minimum atomic E-state index is 0.596. The van der Waals surface area contributed by atoms with Gasteiger partial charge >= 0.3 is 0 Å². The molecule has 4 heterocycles. The first-order valence-corrected chi connectivity index (χ1v) is 20.1. The normalized spacial score (nSPS) is 12.7. The lowest BCUT2D eigenvalue weighted by Gasteiger charge is -2.13. The summed E-state index contributed by atoms with van der Waals surface area (Å²) in [4.78, 5) is 15.1. The van der Waals surface area contributed by atoms with E-state index in [-0.39, 0.29) is 0 Å². The van der Waals surface area contributed by atoms with Crippen LogP contribution in [0, 0.1) is 0 Å². The standard InChI is InChI=1S/C51H32N4OS/c1-3-12-31(13-4-1)32-22-24-34(25-23-32)50-52-49(33-14-5-2-6-15-33)53-51(54-50)35-26-27-36-38-18-11-20-43(47(38)56-44(36)30-35)55-41-19-9-7-17-40(41)46-42(55)29-28-39-37-16-8-10-21-45(37)57-48(39)46/h1-8,10-18,20-30H,9,19H2. The maximum absolute atomic E-state index is 6.92. The van der Waals surface area contributed by atoms with Crippen LogP contribution in [0.15, 0.2) is 168 Å². The summed E-state index contributed by atoms with van der Waals surface area (Å²) in [5.41, 5.74) is 11.6. The van der Waals surface area contributed by atoms with Crippen molar-refractivity contribution in [3.05, 3.63) is 175 Å². The number of hydrogen-bond donors (Lipinski definition) is 0. The summed E-state index contributed by atoms with van der Waals surface area (Å²) < 4.78 is 12.0. The molecule has 7 aromatic carbocycles. The van der Waals surface area contributed by atoms with Crippen molar-refractivity contribution in [3.63, 3.8) is 0 Å². The van der Waals surface area contributed by atoms with Gasteiger partial charge in [-0.25, -0.2) is 15.0 Å². The van der Waals surface area contributed by atoms with Crippen molar-refractivity contribution in [3.8, 4) is 51.0 Å². The molecule has 11 aromatic rings. The zero-order chi connectivity index (χ0) is 37.5. The minimum Gasteiger partial charge on any atom is -0.454 e. The van der Waals surface area contributed by atoms with Crippen LogP contribution in [0.2, 0.25) is 0 Å². The summed E-state index contributed by atoms with van der Waals surface area (Å²) in [6, 6.07) is 55.1. The van der Waals surface area contributed by atoms with E-state index in [9.17, 15) is 0 Å². The molecule has 0 saturated carbocycles. The molecule has 0 amide bonds. The molecule has 0 unspecified atom stereocenters. The first-order valence-electron chi connectivity index (χ1n) is 19.3. The maximum Gasteiger partial charge on any atom is 0.164 e. The van der Waals surface area contributed by atoms with E-state index >= 15 is 0 Å². The number of furan rings is 1. The predicted molar refractivity (Wildman–Crippen MR) is 236 cm³/mol. The van der Waals surface area contributed by atoms with Crippen LogP contribution in [0.5, 0.6) is 0 Å². The Kier molecular flexibility index (Phi) is 7.16. The van der Waals surface area contributed by atoms with Crippen molar-refractivity contribution in [2.75, 3.05) is 0 Å². The van der Waals surface area contributed by atoms with Crippen LogP contribution in [0.4, 0.5) is 0 Å². The largest absolute Gasteiger partial charge is 0.454 e. The predicted octanol–water partition coefficient (Wildman–Crippen LogP) is 13.7. The van der Waals surface area contributed by atoms with E-state index in [4.69, 9.17) is 19.4 Å². The highest BCUT2D eigenvalue weighted by Gasteiger charge is 2.24. The molecule has 0 radical (unpaired) electrons. The Bertz CT molecular complexity index is 3390. The van der Waals surface area contributed by atoms with Gasteiger partial charge in [0.2, 0.25) is 0 Å². The SMILES string of the molecule is C1=Cc2c(n(-c3cccc4c3oc3cc(-c5nc(-c6ccccc6)nc(-c6ccc(-c7ccccc7)cc6)n5)ccc34)c3ccc4c5ccccc5sc4c23)CC1. The zero-order valence-corrected chi connectivity index (χ0v) is 31.5. The first-order chi connectivity index (χ1) is 28.2. The Morgan fingerprint density at radius 1 is 0.526 bits per heavy atom. The fraction of sp³-hybridized carbons (Fsp3) is 0.0392. The van der Waals surface area contributed by atoms with Crippen LogP contribution < -0.4 is 0 Å². The van der Waals surface area contributed by atoms with Crippen LogP contribution in [0.3, 0.4) is 0 Å². The van der Waals surface area contributed by atoms with Gasteiger partial charge in [0.25, 0.3) is 0 Å². The van der Waals surface area contributed by atoms with E-state index in [0.29, 0.717) is 17.5 Å². The number of nitrogens with zero attached hydrogens (tertiary/aromatic N) is 4. The monoisotopic (exact) mass is 748 g/mol. The molecule has 4 aromatic heterocycles. The van der Waals surface area contributed by atoms with E-state index in [1.54, 1.807) is 0 Å². The van der Waals surface area contributed by atoms with Crippen LogP contribution in [-0.4, -0.2) is 19.5 Å². The minimum absolute atomic E-state index is 0.596. The highest BCUT2D eigenvalue weighted by atomic mass is 32.1. The van der Waals surface area contributed by atoms with E-state index in [0.717, 1.165) is 62.7 Å². The number of para-hydroxylation sites is 1. The third kappa shape index (κ3) is 5.11. The number of aromatic nitrogens is 4. The van der Waals surface area contributed by atoms with Crippen LogP contribution in [-0.2, 0) is 6.42 Å². The van der Waals surface area contributed by atoms with Gasteiger partial charge in [0, 0.05) is 64.3 Å². The molecule has 0 N–H and O–H groups in total. The second-order valence-corrected chi connectivity index (χ2v) is 15.7. The van der Waals surface area contributed by atoms with Crippen molar-refractivity contribution in [1.29, 1.82) is 0 Å². The lowest BCUT2D eigenvalue weighted by molar-refractivity contribution is 0.665. The van der Waals surface area contributed by atoms with E-state index in [2.05, 4.69) is 138 Å². The number of rotatable bonds is 5. The van der Waals surface area contributed by atoms with Gasteiger partial charge in [-0.3, -0.25) is 0 Å². The molecule has 268 valence electrons. The second kappa shape index (κ2) is 12.7. The molecule has 0 spiro atoms. The summed E-state index contributed by atoms with van der Waals surface area (Å²) in [6.45, 7) is 0. The molecule has 1 aliphatic carbocycles. The van der Waals surface area contributed by atoms with Crippen molar-refractivity contribution < 1.29 is 4.42 Å². The molecule has 0 saturated heterocycles. The van der Waals surface area contributed by atoms with Gasteiger partial charge in [-0.2, -0.15) is 0 Å². The van der Waals surface area contributed by atoms with Crippen molar-refractivity contribution in [1.82, 2.24) is 19.5 Å². The Hall–Kier alpha value is -7.15. The molecule has 0 aliphatic heterocycles. The molecule has 57 heavy (non-hydrogen) atoms. The molecule has 5 nitrogen and oxygen atoms in total. The van der Waals surface area contributed by atoms with Crippen LogP contribution >= 0.6 is 11.3 Å². The van der Waals surface area contributed by atoms with E-state index in [1.807, 2.05) is 47.7 Å². The van der Waals surface area contributed by atoms with Gasteiger partial charge in [0.05, 0.1) is 11.2 Å². The smallest absolute Gasteiger partial charge is 0.164 e. The molecule has 0 fully saturated rings. The number of allylic oxidation sites excluding steroid dienone is 1. The number of thiophene rings is 1. The number of benzene rings is 7. The molecule has 0 bridgehead atoms. The molecular formula is C51H32N4OS. The third-order valence-corrected chi connectivity index (χ3v) is 12.5. The summed E-state index contributed by atoms with van der Waals surface area (Å²) in [5, 5.41) is 6.10. The summed E-state index contributed by atoms with van der Waals surface area (Å²) in [7, 11) is 0. The van der Waals surface area contributed by atoms with Gasteiger partial charge < -0.3 is 8.98 Å². The van der Waals surface area contributed by atoms with Gasteiger partial charge in [-0.15, -0.1) is 11.3 Å². The van der Waals surface area contributed by atoms with Gasteiger partial charge in [0.1, 0.15) is 5.58 Å². The van der Waals surface area contributed by atoms with Crippen molar-refractivity contribution >= 4 is 70.4 Å². The van der Waals surface area contributed by atoms with Gasteiger partial charge in [0.15, 0.2) is 23.1 Å². The summed E-state index contributed by atoms with van der Waals surface area (Å²) in [6.07, 6.45) is 6.62. The zero-order valence-electron chi connectivity index (χ0n) is 30.7. The molecule has 12 rings (SSSR count). The molecule has 1 aliphatic rings. The average Bonchev–Trinajstić information content (AvgIpc) is 3.96. The topological polar surface area (TPSA) is 56.7 Å². The van der Waals surface area contributed by atoms with E-state index < -0.39 is 0 Å².